The minimum Gasteiger partial charge on any atom is -0.342 e. The van der Waals surface area contributed by atoms with Crippen LogP contribution < -0.4 is 5.32 Å². The Morgan fingerprint density at radius 3 is 2.68 bits per heavy atom. The summed E-state index contributed by atoms with van der Waals surface area (Å²) in [5, 5.41) is 3.46. The van der Waals surface area contributed by atoms with Gasteiger partial charge in [-0.2, -0.15) is 0 Å². The Kier molecular flexibility index (Phi) is 5.68. The number of rotatable bonds is 3. The highest BCUT2D eigenvalue weighted by molar-refractivity contribution is 8.01. The van der Waals surface area contributed by atoms with Gasteiger partial charge in [0, 0.05) is 29.0 Å². The minimum atomic E-state index is -0.436. The number of hydrogen-bond acceptors (Lipinski definition) is 4. The van der Waals surface area contributed by atoms with E-state index in [4.69, 9.17) is 0 Å². The number of carbonyl (C=O) groups excluding carboxylic acids is 2. The summed E-state index contributed by atoms with van der Waals surface area (Å²) in [5.74, 6) is 0.706. The number of amides is 2. The van der Waals surface area contributed by atoms with Crippen LogP contribution in [0.4, 0.5) is 0 Å². The largest absolute Gasteiger partial charge is 0.342 e. The number of benzene rings is 1. The summed E-state index contributed by atoms with van der Waals surface area (Å²) in [6.45, 7) is 7.48. The molecule has 2 fully saturated rings. The molecule has 0 aromatic heterocycles. The molecule has 136 valence electrons. The van der Waals surface area contributed by atoms with E-state index in [2.05, 4.69) is 36.5 Å². The lowest BCUT2D eigenvalue weighted by Gasteiger charge is -2.38. The Labute approximate surface area is 158 Å². The molecule has 0 radical (unpaired) electrons. The summed E-state index contributed by atoms with van der Waals surface area (Å²) >= 11 is 3.49. The maximum atomic E-state index is 12.7. The van der Waals surface area contributed by atoms with Crippen LogP contribution in [-0.2, 0) is 9.59 Å². The molecule has 4 nitrogen and oxygen atoms in total. The van der Waals surface area contributed by atoms with Crippen LogP contribution in [0.5, 0.6) is 0 Å². The zero-order chi connectivity index (χ0) is 18.0. The van der Waals surface area contributed by atoms with Crippen molar-refractivity contribution in [2.24, 2.45) is 0 Å². The second-order valence-electron chi connectivity index (χ2n) is 7.31. The van der Waals surface area contributed by atoms with Crippen LogP contribution in [0.1, 0.15) is 32.3 Å². The SMILES string of the molecule is Cc1cccc(SC2CCN(C(=O)C3CSC(C)(C)C(=O)N3)CC2)c1. The van der Waals surface area contributed by atoms with Gasteiger partial charge < -0.3 is 10.2 Å². The first-order chi connectivity index (χ1) is 11.8. The van der Waals surface area contributed by atoms with Gasteiger partial charge in [0.25, 0.3) is 0 Å². The Balaban J connectivity index is 1.50. The molecule has 2 saturated heterocycles. The Bertz CT molecular complexity index is 655. The lowest BCUT2D eigenvalue weighted by Crippen LogP contribution is -2.58. The van der Waals surface area contributed by atoms with Crippen LogP contribution in [0, 0.1) is 6.92 Å². The first-order valence-corrected chi connectivity index (χ1v) is 10.7. The monoisotopic (exact) mass is 378 g/mol. The predicted octanol–water partition coefficient (Wildman–Crippen LogP) is 3.09. The van der Waals surface area contributed by atoms with Crippen molar-refractivity contribution in [3.8, 4) is 0 Å². The third kappa shape index (κ3) is 4.53. The van der Waals surface area contributed by atoms with Crippen molar-refractivity contribution >= 4 is 35.3 Å². The quantitative estimate of drug-likeness (QED) is 0.878. The van der Waals surface area contributed by atoms with E-state index in [1.165, 1.54) is 10.5 Å². The average Bonchev–Trinajstić information content (AvgIpc) is 2.57. The van der Waals surface area contributed by atoms with Gasteiger partial charge in [0.05, 0.1) is 4.75 Å². The Hall–Kier alpha value is -1.14. The molecule has 1 aromatic rings. The third-order valence-corrected chi connectivity index (χ3v) is 7.54. The van der Waals surface area contributed by atoms with Crippen molar-refractivity contribution in [1.82, 2.24) is 10.2 Å². The van der Waals surface area contributed by atoms with Gasteiger partial charge in [0.2, 0.25) is 11.8 Å². The van der Waals surface area contributed by atoms with E-state index < -0.39 is 4.75 Å². The van der Waals surface area contributed by atoms with Crippen molar-refractivity contribution in [3.05, 3.63) is 29.8 Å². The summed E-state index contributed by atoms with van der Waals surface area (Å²) in [6, 6.07) is 8.22. The predicted molar refractivity (Wildman–Crippen MR) is 105 cm³/mol. The first kappa shape index (κ1) is 18.6. The number of thioether (sulfide) groups is 2. The lowest BCUT2D eigenvalue weighted by atomic mass is 10.1. The van der Waals surface area contributed by atoms with Gasteiger partial charge in [-0.3, -0.25) is 9.59 Å². The van der Waals surface area contributed by atoms with E-state index in [0.29, 0.717) is 11.0 Å². The topological polar surface area (TPSA) is 49.4 Å². The molecule has 0 aliphatic carbocycles. The molecule has 1 unspecified atom stereocenters. The lowest BCUT2D eigenvalue weighted by molar-refractivity contribution is -0.137. The molecule has 1 aromatic carbocycles. The molecule has 1 N–H and O–H groups in total. The van der Waals surface area contributed by atoms with E-state index in [0.717, 1.165) is 25.9 Å². The van der Waals surface area contributed by atoms with E-state index in [1.807, 2.05) is 30.5 Å². The molecule has 2 amide bonds. The highest BCUT2D eigenvalue weighted by atomic mass is 32.2. The van der Waals surface area contributed by atoms with Crippen LogP contribution in [-0.4, -0.2) is 51.6 Å². The molecule has 0 bridgehead atoms. The number of aryl methyl sites for hydroxylation is 1. The van der Waals surface area contributed by atoms with Crippen LogP contribution in [0.15, 0.2) is 29.2 Å². The van der Waals surface area contributed by atoms with Crippen molar-refractivity contribution in [2.45, 2.75) is 54.5 Å². The molecule has 1 atom stereocenters. The molecule has 2 heterocycles. The van der Waals surface area contributed by atoms with E-state index in [9.17, 15) is 9.59 Å². The first-order valence-electron chi connectivity index (χ1n) is 8.82. The maximum Gasteiger partial charge on any atom is 0.246 e. The summed E-state index contributed by atoms with van der Waals surface area (Å²) in [7, 11) is 0. The van der Waals surface area contributed by atoms with Crippen molar-refractivity contribution in [3.63, 3.8) is 0 Å². The van der Waals surface area contributed by atoms with Gasteiger partial charge in [0.1, 0.15) is 6.04 Å². The van der Waals surface area contributed by atoms with E-state index >= 15 is 0 Å². The van der Waals surface area contributed by atoms with Gasteiger partial charge in [-0.25, -0.2) is 0 Å². The highest BCUT2D eigenvalue weighted by Gasteiger charge is 2.39. The average molecular weight is 379 g/mol. The minimum absolute atomic E-state index is 0.0352. The number of nitrogens with zero attached hydrogens (tertiary/aromatic N) is 1. The standard InChI is InChI=1S/C19H26N2O2S2/c1-13-5-4-6-15(11-13)25-14-7-9-21(10-8-14)17(22)16-12-24-19(2,3)18(23)20-16/h4-6,11,14,16H,7-10,12H2,1-3H3,(H,20,23). The normalized spacial score (nSPS) is 24.0. The number of nitrogens with one attached hydrogen (secondary N) is 1. The fourth-order valence-corrected chi connectivity index (χ4v) is 5.40. The maximum absolute atomic E-state index is 12.7. The number of carbonyl (C=O) groups is 2. The molecule has 0 spiro atoms. The van der Waals surface area contributed by atoms with Crippen LogP contribution in [0.2, 0.25) is 0 Å². The van der Waals surface area contributed by atoms with Gasteiger partial charge in [0.15, 0.2) is 0 Å². The van der Waals surface area contributed by atoms with Gasteiger partial charge in [-0.15, -0.1) is 23.5 Å². The smallest absolute Gasteiger partial charge is 0.246 e. The fraction of sp³-hybridized carbons (Fsp3) is 0.579. The van der Waals surface area contributed by atoms with Gasteiger partial charge >= 0.3 is 0 Å². The summed E-state index contributed by atoms with van der Waals surface area (Å²) in [4.78, 5) is 28.0. The van der Waals surface area contributed by atoms with Crippen LogP contribution in [0.25, 0.3) is 0 Å². The van der Waals surface area contributed by atoms with E-state index in [-0.39, 0.29) is 17.9 Å². The number of hydrogen-bond donors (Lipinski definition) is 1. The van der Waals surface area contributed by atoms with Crippen LogP contribution >= 0.6 is 23.5 Å². The third-order valence-electron chi connectivity index (χ3n) is 4.81. The van der Waals surface area contributed by atoms with Gasteiger partial charge in [-0.1, -0.05) is 17.7 Å². The van der Waals surface area contributed by atoms with Crippen LogP contribution in [0.3, 0.4) is 0 Å². The second kappa shape index (κ2) is 7.62. The molecule has 2 aliphatic rings. The molecule has 6 heteroatoms. The zero-order valence-corrected chi connectivity index (χ0v) is 16.7. The Morgan fingerprint density at radius 1 is 1.32 bits per heavy atom. The van der Waals surface area contributed by atoms with Crippen molar-refractivity contribution < 1.29 is 9.59 Å². The van der Waals surface area contributed by atoms with Gasteiger partial charge in [-0.05, 0) is 45.7 Å². The zero-order valence-electron chi connectivity index (χ0n) is 15.1. The summed E-state index contributed by atoms with van der Waals surface area (Å²) in [6.07, 6.45) is 2.01. The molecule has 3 rings (SSSR count). The Morgan fingerprint density at radius 2 is 2.04 bits per heavy atom. The van der Waals surface area contributed by atoms with Crippen molar-refractivity contribution in [1.29, 1.82) is 0 Å². The summed E-state index contributed by atoms with van der Waals surface area (Å²) < 4.78 is -0.436. The second-order valence-corrected chi connectivity index (χ2v) is 10.3. The molecule has 0 saturated carbocycles. The summed E-state index contributed by atoms with van der Waals surface area (Å²) in [5.41, 5.74) is 1.28. The molecule has 25 heavy (non-hydrogen) atoms. The molecular formula is C19H26N2O2S2. The highest BCUT2D eigenvalue weighted by Crippen LogP contribution is 2.32. The van der Waals surface area contributed by atoms with Crippen molar-refractivity contribution in [2.75, 3.05) is 18.8 Å². The molecule has 2 aliphatic heterocycles. The molecular weight excluding hydrogens is 352 g/mol. The number of likely N-dealkylation sites (tertiary alicyclic amines) is 1. The fourth-order valence-electron chi connectivity index (χ4n) is 3.16. The van der Waals surface area contributed by atoms with E-state index in [1.54, 1.807) is 11.8 Å². The number of piperidine rings is 1.